The van der Waals surface area contributed by atoms with Crippen molar-refractivity contribution >= 4 is 23.3 Å². The number of likely N-dealkylation sites (N-methyl/N-ethyl adjacent to an activating group) is 1. The van der Waals surface area contributed by atoms with Gasteiger partial charge in [0.05, 0.1) is 0 Å². The fourth-order valence-corrected chi connectivity index (χ4v) is 1.78. The maximum atomic E-state index is 11.2. The van der Waals surface area contributed by atoms with Crippen molar-refractivity contribution in [3.63, 3.8) is 0 Å². The number of nitrogens with one attached hydrogen (secondary N) is 1. The topological polar surface area (TPSA) is 52.9 Å². The highest BCUT2D eigenvalue weighted by atomic mass is 32.1. The van der Waals surface area contributed by atoms with E-state index in [0.29, 0.717) is 0 Å². The van der Waals surface area contributed by atoms with E-state index < -0.39 is 0 Å². The van der Waals surface area contributed by atoms with Crippen LogP contribution in [0.4, 0.5) is 0 Å². The van der Waals surface area contributed by atoms with Crippen LogP contribution in [0, 0.1) is 18.3 Å². The number of rotatable bonds is 2. The highest BCUT2D eigenvalue weighted by Gasteiger charge is 2.06. The molecule has 1 aromatic heterocycles. The molecule has 0 unspecified atom stereocenters. The van der Waals surface area contributed by atoms with Crippen molar-refractivity contribution in [2.24, 2.45) is 0 Å². The van der Waals surface area contributed by atoms with Crippen LogP contribution in [-0.4, -0.2) is 13.0 Å². The van der Waals surface area contributed by atoms with Crippen LogP contribution >= 0.6 is 11.3 Å². The summed E-state index contributed by atoms with van der Waals surface area (Å²) in [5, 5.41) is 11.1. The average Bonchev–Trinajstić information content (AvgIpc) is 2.59. The molecule has 72 valence electrons. The van der Waals surface area contributed by atoms with Gasteiger partial charge in [0.2, 0.25) is 0 Å². The molecule has 3 nitrogen and oxygen atoms in total. The quantitative estimate of drug-likeness (QED) is 0.591. The smallest absolute Gasteiger partial charge is 0.261 e. The van der Waals surface area contributed by atoms with Gasteiger partial charge in [-0.3, -0.25) is 4.79 Å². The normalized spacial score (nSPS) is 10.8. The molecule has 0 saturated heterocycles. The average molecular weight is 206 g/mol. The molecule has 0 aromatic carbocycles. The van der Waals surface area contributed by atoms with Crippen LogP contribution in [0.2, 0.25) is 0 Å². The van der Waals surface area contributed by atoms with Gasteiger partial charge in [0, 0.05) is 16.8 Å². The molecule has 1 rings (SSSR count). The van der Waals surface area contributed by atoms with Gasteiger partial charge < -0.3 is 5.32 Å². The summed E-state index contributed by atoms with van der Waals surface area (Å²) in [5.41, 5.74) is 0.134. The molecule has 14 heavy (non-hydrogen) atoms. The third-order valence-electron chi connectivity index (χ3n) is 1.64. The zero-order valence-corrected chi connectivity index (χ0v) is 8.81. The van der Waals surface area contributed by atoms with E-state index in [-0.39, 0.29) is 11.5 Å². The predicted octanol–water partition coefficient (Wildman–Crippen LogP) is 1.71. The Morgan fingerprint density at radius 3 is 2.79 bits per heavy atom. The molecule has 0 bridgehead atoms. The summed E-state index contributed by atoms with van der Waals surface area (Å²) >= 11 is 1.55. The van der Waals surface area contributed by atoms with Gasteiger partial charge in [-0.05, 0) is 25.1 Å². The lowest BCUT2D eigenvalue weighted by Crippen LogP contribution is -2.18. The number of aryl methyl sites for hydroxylation is 1. The summed E-state index contributed by atoms with van der Waals surface area (Å²) in [4.78, 5) is 13.2. The summed E-state index contributed by atoms with van der Waals surface area (Å²) in [5.74, 6) is -0.349. The van der Waals surface area contributed by atoms with Crippen LogP contribution in [0.3, 0.4) is 0 Å². The molecule has 1 amide bonds. The van der Waals surface area contributed by atoms with Gasteiger partial charge in [-0.2, -0.15) is 5.26 Å². The molecule has 1 heterocycles. The SMILES string of the molecule is CNC(=O)C(C#N)=Cc1ccc(C)s1. The maximum Gasteiger partial charge on any atom is 0.261 e. The minimum absolute atomic E-state index is 0.134. The molecular formula is C10H10N2OS. The van der Waals surface area contributed by atoms with Gasteiger partial charge in [0.15, 0.2) is 0 Å². The number of thiophene rings is 1. The van der Waals surface area contributed by atoms with E-state index in [0.717, 1.165) is 9.75 Å². The zero-order valence-electron chi connectivity index (χ0n) is 8.00. The first-order valence-electron chi connectivity index (χ1n) is 4.07. The summed E-state index contributed by atoms with van der Waals surface area (Å²) in [6.07, 6.45) is 1.59. The summed E-state index contributed by atoms with van der Waals surface area (Å²) in [6, 6.07) is 5.71. The molecule has 0 spiro atoms. The summed E-state index contributed by atoms with van der Waals surface area (Å²) < 4.78 is 0. The van der Waals surface area contributed by atoms with Gasteiger partial charge in [0.25, 0.3) is 5.91 Å². The molecule has 4 heteroatoms. The van der Waals surface area contributed by atoms with Crippen molar-refractivity contribution in [3.8, 4) is 6.07 Å². The largest absolute Gasteiger partial charge is 0.354 e. The molecule has 0 aliphatic heterocycles. The molecule has 0 saturated carbocycles. The first-order chi connectivity index (χ1) is 6.67. The third kappa shape index (κ3) is 2.44. The van der Waals surface area contributed by atoms with Crippen LogP contribution < -0.4 is 5.32 Å². The van der Waals surface area contributed by atoms with Crippen molar-refractivity contribution in [1.82, 2.24) is 5.32 Å². The van der Waals surface area contributed by atoms with Gasteiger partial charge in [-0.15, -0.1) is 11.3 Å². The molecular weight excluding hydrogens is 196 g/mol. The van der Waals surface area contributed by atoms with E-state index in [2.05, 4.69) is 5.32 Å². The number of carbonyl (C=O) groups excluding carboxylic acids is 1. The minimum atomic E-state index is -0.349. The third-order valence-corrected chi connectivity index (χ3v) is 2.59. The van der Waals surface area contributed by atoms with Crippen LogP contribution in [0.15, 0.2) is 17.7 Å². The Morgan fingerprint density at radius 2 is 2.36 bits per heavy atom. The van der Waals surface area contributed by atoms with Crippen molar-refractivity contribution in [2.45, 2.75) is 6.92 Å². The predicted molar refractivity (Wildman–Crippen MR) is 56.7 cm³/mol. The van der Waals surface area contributed by atoms with E-state index in [1.54, 1.807) is 17.4 Å². The number of amides is 1. The molecule has 1 aromatic rings. The first-order valence-corrected chi connectivity index (χ1v) is 4.89. The highest BCUT2D eigenvalue weighted by Crippen LogP contribution is 2.18. The van der Waals surface area contributed by atoms with Crippen LogP contribution in [0.25, 0.3) is 6.08 Å². The zero-order chi connectivity index (χ0) is 10.6. The van der Waals surface area contributed by atoms with Crippen molar-refractivity contribution in [1.29, 1.82) is 5.26 Å². The molecule has 0 fully saturated rings. The lowest BCUT2D eigenvalue weighted by atomic mass is 10.2. The van der Waals surface area contributed by atoms with E-state index in [1.807, 2.05) is 25.1 Å². The Labute approximate surface area is 86.7 Å². The standard InChI is InChI=1S/C10H10N2OS/c1-7-3-4-9(14-7)5-8(6-11)10(13)12-2/h3-5H,1-2H3,(H,12,13). The first kappa shape index (κ1) is 10.5. The molecule has 1 N–H and O–H groups in total. The van der Waals surface area contributed by atoms with Crippen molar-refractivity contribution in [2.75, 3.05) is 7.05 Å². The number of hydrogen-bond acceptors (Lipinski definition) is 3. The lowest BCUT2D eigenvalue weighted by Gasteiger charge is -1.94. The number of nitrogens with zero attached hydrogens (tertiary/aromatic N) is 1. The summed E-state index contributed by atoms with van der Waals surface area (Å²) in [6.45, 7) is 1.98. The van der Waals surface area contributed by atoms with Crippen molar-refractivity contribution in [3.05, 3.63) is 27.5 Å². The molecule has 0 atom stereocenters. The Bertz CT molecular complexity index is 412. The monoisotopic (exact) mass is 206 g/mol. The summed E-state index contributed by atoms with van der Waals surface area (Å²) in [7, 11) is 1.51. The van der Waals surface area contributed by atoms with E-state index in [4.69, 9.17) is 5.26 Å². The van der Waals surface area contributed by atoms with E-state index in [1.165, 1.54) is 7.05 Å². The Kier molecular flexibility index (Phi) is 3.43. The molecule has 0 aliphatic carbocycles. The Balaban J connectivity index is 2.96. The second-order valence-corrected chi connectivity index (χ2v) is 4.02. The van der Waals surface area contributed by atoms with Gasteiger partial charge in [-0.1, -0.05) is 0 Å². The Morgan fingerprint density at radius 1 is 1.64 bits per heavy atom. The van der Waals surface area contributed by atoms with Gasteiger partial charge in [-0.25, -0.2) is 0 Å². The fraction of sp³-hybridized carbons (Fsp3) is 0.200. The van der Waals surface area contributed by atoms with Gasteiger partial charge in [0.1, 0.15) is 11.6 Å². The maximum absolute atomic E-state index is 11.2. The highest BCUT2D eigenvalue weighted by molar-refractivity contribution is 7.12. The fourth-order valence-electron chi connectivity index (χ4n) is 0.957. The van der Waals surface area contributed by atoms with Crippen LogP contribution in [-0.2, 0) is 4.79 Å². The van der Waals surface area contributed by atoms with E-state index in [9.17, 15) is 4.79 Å². The number of hydrogen-bond donors (Lipinski definition) is 1. The van der Waals surface area contributed by atoms with E-state index >= 15 is 0 Å². The second-order valence-electron chi connectivity index (χ2n) is 2.70. The van der Waals surface area contributed by atoms with Crippen LogP contribution in [0.5, 0.6) is 0 Å². The minimum Gasteiger partial charge on any atom is -0.354 e. The second kappa shape index (κ2) is 4.58. The lowest BCUT2D eigenvalue weighted by molar-refractivity contribution is -0.116. The molecule has 0 radical (unpaired) electrons. The van der Waals surface area contributed by atoms with Crippen molar-refractivity contribution < 1.29 is 4.79 Å². The molecule has 0 aliphatic rings. The Hall–Kier alpha value is -1.60. The van der Waals surface area contributed by atoms with Gasteiger partial charge >= 0.3 is 0 Å². The van der Waals surface area contributed by atoms with Crippen LogP contribution in [0.1, 0.15) is 9.75 Å². The number of nitriles is 1. The number of carbonyl (C=O) groups is 1.